The average molecular weight is 980 g/mol. The Bertz CT molecular complexity index is 1970. The van der Waals surface area contributed by atoms with Gasteiger partial charge in [0.2, 0.25) is 0 Å². The van der Waals surface area contributed by atoms with Gasteiger partial charge in [-0.3, -0.25) is 0 Å². The van der Waals surface area contributed by atoms with Gasteiger partial charge in [0.15, 0.2) is 0 Å². The smallest absolute Gasteiger partial charge is 0.872 e. The van der Waals surface area contributed by atoms with E-state index in [2.05, 4.69) is 185 Å². The van der Waals surface area contributed by atoms with E-state index < -0.39 is 16.5 Å². The summed E-state index contributed by atoms with van der Waals surface area (Å²) in [6.07, 6.45) is 3.46. The second-order valence-electron chi connectivity index (χ2n) is 24.4. The van der Waals surface area contributed by atoms with Gasteiger partial charge in [-0.25, -0.2) is 0 Å². The minimum atomic E-state index is -1.11. The molecule has 0 aromatic heterocycles. The molecule has 0 N–H and O–H groups in total. The van der Waals surface area contributed by atoms with Gasteiger partial charge in [-0.2, -0.15) is 0 Å². The maximum atomic E-state index is 14.8. The van der Waals surface area contributed by atoms with E-state index in [1.807, 2.05) is 0 Å². The number of ether oxygens (including phenoxy) is 2. The fraction of sp³-hybridized carbons (Fsp3) is 0.571. The molecule has 9 heteroatoms. The van der Waals surface area contributed by atoms with Crippen molar-refractivity contribution in [3.63, 3.8) is 0 Å². The molecule has 5 rings (SSSR count). The van der Waals surface area contributed by atoms with E-state index in [1.54, 1.807) is 0 Å². The van der Waals surface area contributed by atoms with Crippen LogP contribution >= 0.6 is 0 Å². The number of fused-ring (bicyclic) bond motifs is 8. The van der Waals surface area contributed by atoms with Gasteiger partial charge in [0.05, 0.1) is 13.2 Å². The summed E-state index contributed by atoms with van der Waals surface area (Å²) in [4.78, 5) is 0. The fourth-order valence-corrected chi connectivity index (χ4v) is 16.5. The summed E-state index contributed by atoms with van der Waals surface area (Å²) in [7, 11) is -2.21. The predicted molar refractivity (Wildman–Crippen MR) is 272 cm³/mol. The third-order valence-electron chi connectivity index (χ3n) is 11.5. The van der Waals surface area contributed by atoms with Crippen LogP contribution in [0.5, 0.6) is 23.0 Å². The first kappa shape index (κ1) is 59.2. The number of nitrogens with zero attached hydrogens (tertiary/aromatic N) is 1. The Morgan fingerprint density at radius 2 is 0.631 bits per heavy atom. The summed E-state index contributed by atoms with van der Waals surface area (Å²) in [5.41, 5.74) is 11.0. The zero-order valence-corrected chi connectivity index (χ0v) is 52.0. The van der Waals surface area contributed by atoms with E-state index in [-0.39, 0.29) is 82.2 Å². The van der Waals surface area contributed by atoms with Crippen molar-refractivity contribution in [2.75, 3.05) is 13.2 Å². The fourth-order valence-electron chi connectivity index (χ4n) is 8.41. The maximum Gasteiger partial charge on any atom is 2.00 e. The van der Waals surface area contributed by atoms with Crippen molar-refractivity contribution in [1.82, 2.24) is 0 Å². The molecule has 65 heavy (non-hydrogen) atoms. The monoisotopic (exact) mass is 978 g/mol. The molecule has 0 aliphatic heterocycles. The zero-order chi connectivity index (χ0) is 47.7. The van der Waals surface area contributed by atoms with Gasteiger partial charge in [-0.1, -0.05) is 223 Å². The molecular formula is C56H84NNaO4Si2Zn. The van der Waals surface area contributed by atoms with Crippen molar-refractivity contribution in [2.45, 2.75) is 196 Å². The first-order chi connectivity index (χ1) is 28.7. The molecule has 0 unspecified atom stereocenters. The first-order valence-corrected chi connectivity index (χ1v) is 30.6. The van der Waals surface area contributed by atoms with E-state index >= 15 is 0 Å². The Labute approximate surface area is 434 Å². The molecule has 5 nitrogen and oxygen atoms in total. The minimum Gasteiger partial charge on any atom is -0.872 e. The summed E-state index contributed by atoms with van der Waals surface area (Å²) in [5.74, 6) is 1.75. The molecule has 348 valence electrons. The number of hydrogen-bond acceptors (Lipinski definition) is 4. The summed E-state index contributed by atoms with van der Waals surface area (Å²) >= 11 is 0. The quantitative estimate of drug-likeness (QED) is 0.145. The van der Waals surface area contributed by atoms with Crippen molar-refractivity contribution in [1.29, 1.82) is 0 Å². The summed E-state index contributed by atoms with van der Waals surface area (Å²) in [6.45, 7) is 45.8. The van der Waals surface area contributed by atoms with Gasteiger partial charge in [-0.05, 0) is 79.0 Å². The van der Waals surface area contributed by atoms with E-state index in [9.17, 15) is 10.2 Å². The van der Waals surface area contributed by atoms with E-state index in [4.69, 9.17) is 14.1 Å². The number of rotatable bonds is 8. The maximum absolute atomic E-state index is 14.8. The molecule has 0 fully saturated rings. The van der Waals surface area contributed by atoms with Gasteiger partial charge in [0.1, 0.15) is 11.5 Å². The third-order valence-corrected chi connectivity index (χ3v) is 16.9. The normalized spacial score (nSPS) is 13.5. The van der Waals surface area contributed by atoms with Crippen LogP contribution in [-0.2, 0) is 66.8 Å². The van der Waals surface area contributed by atoms with Gasteiger partial charge in [0.25, 0.3) is 0 Å². The summed E-state index contributed by atoms with van der Waals surface area (Å²) < 4.78 is 18.1. The van der Waals surface area contributed by atoms with Crippen LogP contribution in [0.3, 0.4) is 0 Å². The predicted octanol–water partition coefficient (Wildman–Crippen LogP) is 11.3. The SMILES string of the molecule is CCCOc1c2cc(C(C)(C)C)cc1Cc1cc(C(C)(C)C)cc(c1[O-])Cc1cc(C(C)(C)C)cc(c1OCCC)Cc1cc(C(C)(C)C)cc(c1[O-])C2.C[Si](C)(C)[N-][Si](C)(C)C.[Na+].[Zn+2]. The number of hydrogen-bond donors (Lipinski definition) is 0. The van der Waals surface area contributed by atoms with Gasteiger partial charge < -0.3 is 24.3 Å². The van der Waals surface area contributed by atoms with Crippen molar-refractivity contribution < 1.29 is 68.7 Å². The average Bonchev–Trinajstić information content (AvgIpc) is 3.10. The molecule has 1 aliphatic rings. The van der Waals surface area contributed by atoms with Crippen LogP contribution < -0.4 is 49.2 Å². The molecule has 4 aromatic rings. The third kappa shape index (κ3) is 16.6. The zero-order valence-electron chi connectivity index (χ0n) is 45.1. The van der Waals surface area contributed by atoms with Crippen LogP contribution in [0.15, 0.2) is 48.5 Å². The Morgan fingerprint density at radius 1 is 0.431 bits per heavy atom. The Morgan fingerprint density at radius 3 is 0.785 bits per heavy atom. The second kappa shape index (κ2) is 22.7. The van der Waals surface area contributed by atoms with Crippen molar-refractivity contribution in [3.05, 3.63) is 120 Å². The largest absolute Gasteiger partial charge is 2.00 e. The van der Waals surface area contributed by atoms with E-state index in [0.29, 0.717) is 38.9 Å². The van der Waals surface area contributed by atoms with Crippen LogP contribution in [-0.4, -0.2) is 29.7 Å². The van der Waals surface area contributed by atoms with Crippen LogP contribution in [0, 0.1) is 0 Å². The summed E-state index contributed by atoms with van der Waals surface area (Å²) in [5, 5.41) is 29.7. The molecule has 0 radical (unpaired) electrons. The van der Waals surface area contributed by atoms with Gasteiger partial charge in [-0.15, -0.1) is 11.5 Å². The standard InChI is InChI=1S/C50H68O4.C6H18NSi2.Na.Zn/c1-15-17-53-45-35-19-31-23-39(47(3,4)5)25-33(43(31)51)21-37-29-42(50(12,13)14)30-38(46(37)54-18-16-2)22-34-26-40(48(6,7)8)24-32(44(34)52)20-36(45)28-41(27-35)49(9,10)11;1-8(2,3)7-9(4,5)6;;/h23-30,51-52H,15-22H2,1-14H3;1-6H3;;/q;-1;+1;+2/p-2. The first-order valence-electron chi connectivity index (χ1n) is 23.7. The van der Waals surface area contributed by atoms with E-state index in [1.165, 1.54) is 11.1 Å². The Hall–Kier alpha value is -1.90. The molecule has 8 bridgehead atoms. The topological polar surface area (TPSA) is 78.7 Å². The molecular weight excluding hydrogens is 895 g/mol. The van der Waals surface area contributed by atoms with Gasteiger partial charge in [0, 0.05) is 25.7 Å². The Balaban J connectivity index is 0.00000119. The van der Waals surface area contributed by atoms with Crippen LogP contribution in [0.1, 0.15) is 177 Å². The van der Waals surface area contributed by atoms with Crippen molar-refractivity contribution >= 4 is 16.5 Å². The Kier molecular flexibility index (Phi) is 20.7. The van der Waals surface area contributed by atoms with Crippen LogP contribution in [0.25, 0.3) is 4.65 Å². The molecule has 4 aromatic carbocycles. The van der Waals surface area contributed by atoms with Crippen LogP contribution in [0.4, 0.5) is 0 Å². The molecule has 0 spiro atoms. The van der Waals surface area contributed by atoms with E-state index in [0.717, 1.165) is 80.0 Å². The number of benzene rings is 4. The van der Waals surface area contributed by atoms with Gasteiger partial charge >= 0.3 is 49.0 Å². The van der Waals surface area contributed by atoms with Crippen LogP contribution in [0.2, 0.25) is 39.3 Å². The molecule has 1 aliphatic carbocycles. The van der Waals surface area contributed by atoms with Crippen molar-refractivity contribution in [3.8, 4) is 23.0 Å². The molecule has 0 atom stereocenters. The molecule has 0 heterocycles. The second-order valence-corrected chi connectivity index (χ2v) is 33.9. The summed E-state index contributed by atoms with van der Waals surface area (Å²) in [6, 6.07) is 17.5. The molecule has 0 saturated heterocycles. The molecule has 0 amide bonds. The minimum absolute atomic E-state index is 0. The molecule has 0 saturated carbocycles. The van der Waals surface area contributed by atoms with Crippen molar-refractivity contribution in [2.24, 2.45) is 0 Å².